The van der Waals surface area contributed by atoms with E-state index < -0.39 is 4.92 Å². The lowest BCUT2D eigenvalue weighted by molar-refractivity contribution is -0.383. The maximum absolute atomic E-state index is 11.3. The van der Waals surface area contributed by atoms with E-state index >= 15 is 0 Å². The molecular formula is C15H17N3O3. The summed E-state index contributed by atoms with van der Waals surface area (Å²) >= 11 is 0. The number of nitro groups is 1. The largest absolute Gasteiger partial charge is 0.494 e. The Bertz CT molecular complexity index is 644. The van der Waals surface area contributed by atoms with Crippen molar-refractivity contribution in [2.75, 3.05) is 24.3 Å². The quantitative estimate of drug-likeness (QED) is 0.624. The van der Waals surface area contributed by atoms with Gasteiger partial charge in [-0.2, -0.15) is 0 Å². The fraction of sp³-hybridized carbons (Fsp3) is 0.200. The van der Waals surface area contributed by atoms with Gasteiger partial charge in [0.15, 0.2) is 0 Å². The summed E-state index contributed by atoms with van der Waals surface area (Å²) in [6.45, 7) is 2.47. The van der Waals surface area contributed by atoms with Gasteiger partial charge in [0, 0.05) is 18.8 Å². The molecule has 21 heavy (non-hydrogen) atoms. The molecule has 2 rings (SSSR count). The smallest absolute Gasteiger partial charge is 0.315 e. The first-order valence-corrected chi connectivity index (χ1v) is 6.60. The number of rotatable bonds is 6. The Kier molecular flexibility index (Phi) is 4.61. The molecule has 6 heteroatoms. The van der Waals surface area contributed by atoms with E-state index in [1.807, 2.05) is 25.1 Å². The summed E-state index contributed by atoms with van der Waals surface area (Å²) in [4.78, 5) is 10.9. The van der Waals surface area contributed by atoms with Gasteiger partial charge >= 0.3 is 5.69 Å². The first-order chi connectivity index (χ1) is 10.2. The minimum Gasteiger partial charge on any atom is -0.494 e. The molecule has 0 atom stereocenters. The van der Waals surface area contributed by atoms with Crippen molar-refractivity contribution in [1.29, 1.82) is 0 Å². The molecule has 0 aliphatic carbocycles. The second kappa shape index (κ2) is 6.60. The molecule has 110 valence electrons. The normalized spacial score (nSPS) is 10.0. The van der Waals surface area contributed by atoms with Crippen LogP contribution in [0.4, 0.5) is 22.7 Å². The van der Waals surface area contributed by atoms with Crippen LogP contribution in [0.2, 0.25) is 0 Å². The van der Waals surface area contributed by atoms with E-state index in [1.165, 1.54) is 0 Å². The van der Waals surface area contributed by atoms with Crippen molar-refractivity contribution in [3.05, 3.63) is 52.6 Å². The molecule has 0 unspecified atom stereocenters. The van der Waals surface area contributed by atoms with Gasteiger partial charge in [-0.1, -0.05) is 12.1 Å². The highest BCUT2D eigenvalue weighted by Gasteiger charge is 2.18. The molecule has 0 aliphatic heterocycles. The van der Waals surface area contributed by atoms with E-state index in [0.29, 0.717) is 18.0 Å². The van der Waals surface area contributed by atoms with Gasteiger partial charge in [-0.05, 0) is 31.2 Å². The molecule has 0 amide bonds. The highest BCUT2D eigenvalue weighted by Crippen LogP contribution is 2.34. The van der Waals surface area contributed by atoms with Crippen LogP contribution in [0.15, 0.2) is 42.5 Å². The van der Waals surface area contributed by atoms with Crippen LogP contribution < -0.4 is 15.4 Å². The van der Waals surface area contributed by atoms with E-state index in [9.17, 15) is 10.1 Å². The summed E-state index contributed by atoms with van der Waals surface area (Å²) < 4.78 is 5.42. The second-order valence-electron chi connectivity index (χ2n) is 4.29. The molecule has 2 N–H and O–H groups in total. The first-order valence-electron chi connectivity index (χ1n) is 6.60. The summed E-state index contributed by atoms with van der Waals surface area (Å²) in [5.41, 5.74) is 1.64. The fourth-order valence-electron chi connectivity index (χ4n) is 2.03. The Morgan fingerprint density at radius 3 is 2.57 bits per heavy atom. The van der Waals surface area contributed by atoms with Crippen molar-refractivity contribution in [2.24, 2.45) is 0 Å². The third-order valence-electron chi connectivity index (χ3n) is 2.91. The lowest BCUT2D eigenvalue weighted by atomic mass is 10.2. The Morgan fingerprint density at radius 1 is 1.19 bits per heavy atom. The van der Waals surface area contributed by atoms with E-state index in [0.717, 1.165) is 11.4 Å². The third-order valence-corrected chi connectivity index (χ3v) is 2.91. The SMILES string of the molecule is CCOc1cccc(Nc2cccc(NC)c2[N+](=O)[O-])c1. The molecule has 0 saturated carbocycles. The Hall–Kier alpha value is -2.76. The standard InChI is InChI=1S/C15H17N3O3/c1-3-21-12-7-4-6-11(10-12)17-14-9-5-8-13(16-2)15(14)18(19)20/h4-10,16-17H,3H2,1-2H3. The zero-order chi connectivity index (χ0) is 15.2. The van der Waals surface area contributed by atoms with Gasteiger partial charge < -0.3 is 15.4 Å². The second-order valence-corrected chi connectivity index (χ2v) is 4.29. The molecule has 6 nitrogen and oxygen atoms in total. The minimum absolute atomic E-state index is 0.0156. The topological polar surface area (TPSA) is 76.4 Å². The van der Waals surface area contributed by atoms with E-state index in [2.05, 4.69) is 10.6 Å². The Morgan fingerprint density at radius 2 is 1.90 bits per heavy atom. The average Bonchev–Trinajstić information content (AvgIpc) is 2.47. The van der Waals surface area contributed by atoms with E-state index in [-0.39, 0.29) is 5.69 Å². The molecule has 0 saturated heterocycles. The molecule has 0 aromatic heterocycles. The minimum atomic E-state index is -0.402. The number of anilines is 3. The van der Waals surface area contributed by atoms with E-state index in [1.54, 1.807) is 31.3 Å². The van der Waals surface area contributed by atoms with Crippen LogP contribution in [0.1, 0.15) is 6.92 Å². The highest BCUT2D eigenvalue weighted by atomic mass is 16.6. The summed E-state index contributed by atoms with van der Waals surface area (Å²) in [5.74, 6) is 0.718. The number of para-hydroxylation sites is 1. The van der Waals surface area contributed by atoms with Crippen molar-refractivity contribution in [3.8, 4) is 5.75 Å². The van der Waals surface area contributed by atoms with Crippen molar-refractivity contribution in [2.45, 2.75) is 6.92 Å². The first kappa shape index (κ1) is 14.6. The van der Waals surface area contributed by atoms with Gasteiger partial charge in [0.25, 0.3) is 0 Å². The molecule has 0 radical (unpaired) electrons. The van der Waals surface area contributed by atoms with E-state index in [4.69, 9.17) is 4.74 Å². The lowest BCUT2D eigenvalue weighted by Crippen LogP contribution is -2.01. The maximum atomic E-state index is 11.3. The summed E-state index contributed by atoms with van der Waals surface area (Å²) in [6.07, 6.45) is 0. The fourth-order valence-corrected chi connectivity index (χ4v) is 2.03. The zero-order valence-electron chi connectivity index (χ0n) is 11.9. The predicted molar refractivity (Wildman–Crippen MR) is 83.5 cm³/mol. The Balaban J connectivity index is 2.35. The van der Waals surface area contributed by atoms with Crippen LogP contribution in [0.3, 0.4) is 0 Å². The van der Waals surface area contributed by atoms with Gasteiger partial charge in [-0.15, -0.1) is 0 Å². The van der Waals surface area contributed by atoms with Crippen LogP contribution >= 0.6 is 0 Å². The Labute approximate surface area is 122 Å². The summed E-state index contributed by atoms with van der Waals surface area (Å²) in [7, 11) is 1.65. The molecule has 2 aromatic rings. The van der Waals surface area contributed by atoms with Crippen LogP contribution in [-0.2, 0) is 0 Å². The van der Waals surface area contributed by atoms with Crippen molar-refractivity contribution in [3.63, 3.8) is 0 Å². The number of nitro benzene ring substituents is 1. The number of hydrogen-bond donors (Lipinski definition) is 2. The van der Waals surface area contributed by atoms with Crippen molar-refractivity contribution in [1.82, 2.24) is 0 Å². The molecular weight excluding hydrogens is 270 g/mol. The van der Waals surface area contributed by atoms with Crippen LogP contribution in [-0.4, -0.2) is 18.6 Å². The molecule has 0 fully saturated rings. The number of ether oxygens (including phenoxy) is 1. The summed E-state index contributed by atoms with van der Waals surface area (Å²) in [5, 5.41) is 17.2. The van der Waals surface area contributed by atoms with Gasteiger partial charge in [0.2, 0.25) is 0 Å². The lowest BCUT2D eigenvalue weighted by Gasteiger charge is -2.11. The molecule has 0 heterocycles. The van der Waals surface area contributed by atoms with Crippen LogP contribution in [0, 0.1) is 10.1 Å². The predicted octanol–water partition coefficient (Wildman–Crippen LogP) is 3.78. The monoisotopic (exact) mass is 287 g/mol. The number of hydrogen-bond acceptors (Lipinski definition) is 5. The molecule has 0 bridgehead atoms. The summed E-state index contributed by atoms with van der Waals surface area (Å²) in [6, 6.07) is 12.4. The average molecular weight is 287 g/mol. The number of benzene rings is 2. The maximum Gasteiger partial charge on any atom is 0.315 e. The van der Waals surface area contributed by atoms with Gasteiger partial charge in [0.05, 0.1) is 11.5 Å². The van der Waals surface area contributed by atoms with Crippen LogP contribution in [0.5, 0.6) is 5.75 Å². The van der Waals surface area contributed by atoms with Gasteiger partial charge in [-0.3, -0.25) is 10.1 Å². The molecule has 2 aromatic carbocycles. The molecule has 0 spiro atoms. The van der Waals surface area contributed by atoms with Gasteiger partial charge in [-0.25, -0.2) is 0 Å². The van der Waals surface area contributed by atoms with Crippen LogP contribution in [0.25, 0.3) is 0 Å². The third kappa shape index (κ3) is 3.42. The zero-order valence-corrected chi connectivity index (χ0v) is 11.9. The van der Waals surface area contributed by atoms with Crippen molar-refractivity contribution >= 4 is 22.7 Å². The van der Waals surface area contributed by atoms with Gasteiger partial charge in [0.1, 0.15) is 17.1 Å². The molecule has 0 aliphatic rings. The number of nitrogens with zero attached hydrogens (tertiary/aromatic N) is 1. The van der Waals surface area contributed by atoms with Crippen molar-refractivity contribution < 1.29 is 9.66 Å². The highest BCUT2D eigenvalue weighted by molar-refractivity contribution is 5.79. The number of nitrogens with one attached hydrogen (secondary N) is 2.